The lowest BCUT2D eigenvalue weighted by Crippen LogP contribution is -2.01. The van der Waals surface area contributed by atoms with Crippen molar-refractivity contribution in [2.24, 2.45) is 0 Å². The molecule has 74 valence electrons. The number of rotatable bonds is 3. The van der Waals surface area contributed by atoms with Crippen molar-refractivity contribution >= 4 is 21.2 Å². The summed E-state index contributed by atoms with van der Waals surface area (Å²) in [5.41, 5.74) is 0.663. The van der Waals surface area contributed by atoms with Gasteiger partial charge in [-0.05, 0) is 0 Å². The zero-order valence-corrected chi connectivity index (χ0v) is 9.58. The van der Waals surface area contributed by atoms with Crippen molar-refractivity contribution in [1.82, 2.24) is 4.98 Å². The molecule has 13 heavy (non-hydrogen) atoms. The van der Waals surface area contributed by atoms with Crippen LogP contribution in [-0.2, 0) is 15.6 Å². The zero-order valence-electron chi connectivity index (χ0n) is 7.94. The van der Waals surface area contributed by atoms with Gasteiger partial charge in [-0.15, -0.1) is 11.3 Å². The van der Waals surface area contributed by atoms with Crippen LogP contribution in [0.15, 0.2) is 5.38 Å². The zero-order chi connectivity index (χ0) is 10.1. The van der Waals surface area contributed by atoms with Gasteiger partial charge in [-0.1, -0.05) is 13.8 Å². The van der Waals surface area contributed by atoms with Crippen LogP contribution in [0, 0.1) is 0 Å². The Kier molecular flexibility index (Phi) is 3.08. The largest absolute Gasteiger partial charge is 0.245 e. The third-order valence-electron chi connectivity index (χ3n) is 1.47. The molecule has 0 aliphatic rings. The van der Waals surface area contributed by atoms with E-state index < -0.39 is 9.84 Å². The van der Waals surface area contributed by atoms with Crippen molar-refractivity contribution in [2.75, 3.05) is 6.26 Å². The molecule has 1 aromatic heterocycles. The minimum atomic E-state index is -2.95. The fraction of sp³-hybridized carbons (Fsp3) is 0.625. The van der Waals surface area contributed by atoms with Gasteiger partial charge in [0.15, 0.2) is 9.84 Å². The molecule has 0 atom stereocenters. The topological polar surface area (TPSA) is 47.0 Å². The summed E-state index contributed by atoms with van der Waals surface area (Å²) >= 11 is 1.52. The fourth-order valence-corrected chi connectivity index (χ4v) is 2.55. The molecule has 0 aromatic carbocycles. The molecule has 0 spiro atoms. The first-order valence-electron chi connectivity index (χ1n) is 4.00. The molecule has 0 saturated carbocycles. The van der Waals surface area contributed by atoms with Crippen molar-refractivity contribution in [2.45, 2.75) is 25.5 Å². The summed E-state index contributed by atoms with van der Waals surface area (Å²) in [5, 5.41) is 2.81. The van der Waals surface area contributed by atoms with Gasteiger partial charge in [-0.2, -0.15) is 0 Å². The Hall–Kier alpha value is -0.420. The maximum absolute atomic E-state index is 10.9. The van der Waals surface area contributed by atoms with Crippen LogP contribution < -0.4 is 0 Å². The van der Waals surface area contributed by atoms with Gasteiger partial charge in [0.05, 0.1) is 16.5 Å². The van der Waals surface area contributed by atoms with E-state index in [-0.39, 0.29) is 5.75 Å². The van der Waals surface area contributed by atoms with E-state index in [0.29, 0.717) is 11.6 Å². The Bertz CT molecular complexity index is 379. The van der Waals surface area contributed by atoms with Crippen molar-refractivity contribution < 1.29 is 8.42 Å². The van der Waals surface area contributed by atoms with E-state index in [0.717, 1.165) is 5.01 Å². The predicted octanol–water partition coefficient (Wildman–Crippen LogP) is 1.81. The summed E-state index contributed by atoms with van der Waals surface area (Å²) in [6, 6.07) is 0. The number of aromatic nitrogens is 1. The van der Waals surface area contributed by atoms with Crippen LogP contribution in [0.5, 0.6) is 0 Å². The molecular formula is C8H13NO2S2. The average Bonchev–Trinajstić information content (AvgIpc) is 2.31. The number of nitrogens with zero attached hydrogens (tertiary/aromatic N) is 1. The van der Waals surface area contributed by atoms with Crippen LogP contribution in [0.3, 0.4) is 0 Å². The molecule has 1 rings (SSSR count). The highest BCUT2D eigenvalue weighted by Crippen LogP contribution is 2.19. The van der Waals surface area contributed by atoms with E-state index >= 15 is 0 Å². The first kappa shape index (κ1) is 10.7. The molecule has 0 bridgehead atoms. The normalized spacial score (nSPS) is 12.3. The van der Waals surface area contributed by atoms with Crippen LogP contribution in [0.25, 0.3) is 0 Å². The van der Waals surface area contributed by atoms with Gasteiger partial charge in [0.25, 0.3) is 0 Å². The maximum atomic E-state index is 10.9. The van der Waals surface area contributed by atoms with Gasteiger partial charge < -0.3 is 0 Å². The molecule has 0 saturated heterocycles. The second-order valence-electron chi connectivity index (χ2n) is 3.40. The molecule has 0 radical (unpaired) electrons. The van der Waals surface area contributed by atoms with Gasteiger partial charge in [0, 0.05) is 17.6 Å². The molecule has 0 aliphatic carbocycles. The van der Waals surface area contributed by atoms with Gasteiger partial charge in [0.2, 0.25) is 0 Å². The second-order valence-corrected chi connectivity index (χ2v) is 6.43. The quantitative estimate of drug-likeness (QED) is 0.779. The van der Waals surface area contributed by atoms with E-state index in [1.807, 2.05) is 19.2 Å². The summed E-state index contributed by atoms with van der Waals surface area (Å²) in [5.74, 6) is 0.425. The first-order valence-corrected chi connectivity index (χ1v) is 6.94. The SMILES string of the molecule is CC(C)c1nc(CS(C)(=O)=O)cs1. The highest BCUT2D eigenvalue weighted by atomic mass is 32.2. The second kappa shape index (κ2) is 3.75. The van der Waals surface area contributed by atoms with Crippen LogP contribution in [0.4, 0.5) is 0 Å². The average molecular weight is 219 g/mol. The summed E-state index contributed by atoms with van der Waals surface area (Å²) < 4.78 is 21.9. The number of sulfone groups is 1. The van der Waals surface area contributed by atoms with E-state index in [1.165, 1.54) is 17.6 Å². The van der Waals surface area contributed by atoms with Crippen molar-refractivity contribution in [3.8, 4) is 0 Å². The Balaban J connectivity index is 2.81. The number of hydrogen-bond donors (Lipinski definition) is 0. The molecule has 0 N–H and O–H groups in total. The maximum Gasteiger partial charge on any atom is 0.153 e. The summed E-state index contributed by atoms with van der Waals surface area (Å²) in [6.45, 7) is 4.09. The molecule has 1 aromatic rings. The van der Waals surface area contributed by atoms with Crippen LogP contribution in [-0.4, -0.2) is 19.7 Å². The molecule has 0 fully saturated rings. The van der Waals surface area contributed by atoms with Crippen LogP contribution in [0.1, 0.15) is 30.5 Å². The van der Waals surface area contributed by atoms with Gasteiger partial charge in [-0.25, -0.2) is 13.4 Å². The lowest BCUT2D eigenvalue weighted by molar-refractivity contribution is 0.600. The van der Waals surface area contributed by atoms with Crippen molar-refractivity contribution in [1.29, 1.82) is 0 Å². The summed E-state index contributed by atoms with van der Waals surface area (Å²) in [7, 11) is -2.95. The molecule has 5 heteroatoms. The van der Waals surface area contributed by atoms with E-state index in [4.69, 9.17) is 0 Å². The minimum absolute atomic E-state index is 0.0518. The molecule has 0 aliphatic heterocycles. The summed E-state index contributed by atoms with van der Waals surface area (Å²) in [4.78, 5) is 4.23. The lowest BCUT2D eigenvalue weighted by atomic mass is 10.2. The highest BCUT2D eigenvalue weighted by Gasteiger charge is 2.10. The Morgan fingerprint density at radius 2 is 2.15 bits per heavy atom. The first-order chi connectivity index (χ1) is 5.88. The van der Waals surface area contributed by atoms with E-state index in [2.05, 4.69) is 4.98 Å². The van der Waals surface area contributed by atoms with E-state index in [1.54, 1.807) is 0 Å². The highest BCUT2D eigenvalue weighted by molar-refractivity contribution is 7.89. The standard InChI is InChI=1S/C8H13NO2S2/c1-6(2)8-9-7(4-12-8)5-13(3,10)11/h4,6H,5H2,1-3H3. The lowest BCUT2D eigenvalue weighted by Gasteiger charge is -1.96. The summed E-state index contributed by atoms with van der Waals surface area (Å²) in [6.07, 6.45) is 1.22. The molecular weight excluding hydrogens is 206 g/mol. The Labute approximate surface area is 82.7 Å². The predicted molar refractivity (Wildman–Crippen MR) is 54.8 cm³/mol. The van der Waals surface area contributed by atoms with Crippen LogP contribution in [0.2, 0.25) is 0 Å². The van der Waals surface area contributed by atoms with Gasteiger partial charge >= 0.3 is 0 Å². The molecule has 3 nitrogen and oxygen atoms in total. The van der Waals surface area contributed by atoms with Crippen LogP contribution >= 0.6 is 11.3 Å². The molecule has 1 heterocycles. The fourth-order valence-electron chi connectivity index (χ4n) is 0.923. The third-order valence-corrected chi connectivity index (χ3v) is 3.49. The molecule has 0 amide bonds. The van der Waals surface area contributed by atoms with Gasteiger partial charge in [0.1, 0.15) is 0 Å². The third kappa shape index (κ3) is 3.44. The van der Waals surface area contributed by atoms with Gasteiger partial charge in [-0.3, -0.25) is 0 Å². The Morgan fingerprint density at radius 3 is 2.54 bits per heavy atom. The van der Waals surface area contributed by atoms with Crippen molar-refractivity contribution in [3.05, 3.63) is 16.1 Å². The number of thiazole rings is 1. The van der Waals surface area contributed by atoms with Crippen molar-refractivity contribution in [3.63, 3.8) is 0 Å². The molecule has 0 unspecified atom stereocenters. The Morgan fingerprint density at radius 1 is 1.54 bits per heavy atom. The van der Waals surface area contributed by atoms with E-state index in [9.17, 15) is 8.42 Å². The number of hydrogen-bond acceptors (Lipinski definition) is 4. The monoisotopic (exact) mass is 219 g/mol. The minimum Gasteiger partial charge on any atom is -0.245 e. The smallest absolute Gasteiger partial charge is 0.153 e.